The molecule has 0 saturated heterocycles. The predicted octanol–water partition coefficient (Wildman–Crippen LogP) is 2.43. The monoisotopic (exact) mass is 295 g/mol. The van der Waals surface area contributed by atoms with Gasteiger partial charge in [0.1, 0.15) is 5.56 Å². The standard InChI is InChI=1S/C9H8FNO2.C2HF3O2/c10-7-4-11-3-6(5-1-2-5)8(7)9(12)13;3-2(4,5)1(6)7/h3-5H,1-2H2,(H,12,13);(H,6,7). The number of carboxylic acids is 2. The van der Waals surface area contributed by atoms with Crippen LogP contribution in [0.3, 0.4) is 0 Å². The van der Waals surface area contributed by atoms with Gasteiger partial charge in [-0.3, -0.25) is 4.98 Å². The van der Waals surface area contributed by atoms with Crippen molar-refractivity contribution in [2.45, 2.75) is 24.9 Å². The molecule has 0 aromatic carbocycles. The lowest BCUT2D eigenvalue weighted by Gasteiger charge is -2.03. The molecule has 1 aliphatic rings. The summed E-state index contributed by atoms with van der Waals surface area (Å²) in [5, 5.41) is 15.9. The second-order valence-corrected chi connectivity index (χ2v) is 3.97. The van der Waals surface area contributed by atoms with Crippen molar-refractivity contribution in [1.29, 1.82) is 0 Å². The van der Waals surface area contributed by atoms with Gasteiger partial charge in [0.2, 0.25) is 0 Å². The molecule has 2 N–H and O–H groups in total. The molecule has 5 nitrogen and oxygen atoms in total. The number of hydrogen-bond donors (Lipinski definition) is 2. The van der Waals surface area contributed by atoms with Crippen LogP contribution in [0.15, 0.2) is 12.4 Å². The third kappa shape index (κ3) is 4.18. The molecule has 1 aliphatic carbocycles. The molecule has 1 aromatic heterocycles. The van der Waals surface area contributed by atoms with E-state index < -0.39 is 23.9 Å². The van der Waals surface area contributed by atoms with Gasteiger partial charge >= 0.3 is 18.1 Å². The first-order valence-corrected chi connectivity index (χ1v) is 5.31. The summed E-state index contributed by atoms with van der Waals surface area (Å²) in [4.78, 5) is 23.3. The Bertz CT molecular complexity index is 526. The van der Waals surface area contributed by atoms with Crippen LogP contribution in [0.1, 0.15) is 34.7 Å². The molecular weight excluding hydrogens is 286 g/mol. The first-order chi connectivity index (χ1) is 9.14. The van der Waals surface area contributed by atoms with E-state index in [9.17, 15) is 22.4 Å². The molecule has 0 spiro atoms. The van der Waals surface area contributed by atoms with Gasteiger partial charge in [-0.25, -0.2) is 14.0 Å². The van der Waals surface area contributed by atoms with Crippen molar-refractivity contribution in [3.05, 3.63) is 29.3 Å². The fourth-order valence-corrected chi connectivity index (χ4v) is 1.38. The lowest BCUT2D eigenvalue weighted by atomic mass is 10.1. The number of carboxylic acid groups (broad SMARTS) is 2. The lowest BCUT2D eigenvalue weighted by molar-refractivity contribution is -0.192. The van der Waals surface area contributed by atoms with Crippen LogP contribution in [0, 0.1) is 5.82 Å². The van der Waals surface area contributed by atoms with E-state index in [4.69, 9.17) is 15.0 Å². The summed E-state index contributed by atoms with van der Waals surface area (Å²) >= 11 is 0. The quantitative estimate of drug-likeness (QED) is 0.818. The summed E-state index contributed by atoms with van der Waals surface area (Å²) in [6.45, 7) is 0. The van der Waals surface area contributed by atoms with Crippen molar-refractivity contribution in [2.24, 2.45) is 0 Å². The molecule has 1 saturated carbocycles. The average Bonchev–Trinajstić information content (AvgIpc) is 3.11. The molecule has 110 valence electrons. The second kappa shape index (κ2) is 5.85. The van der Waals surface area contributed by atoms with Crippen molar-refractivity contribution in [2.75, 3.05) is 0 Å². The van der Waals surface area contributed by atoms with Gasteiger partial charge in [-0.2, -0.15) is 13.2 Å². The first kappa shape index (κ1) is 15.9. The fraction of sp³-hybridized carbons (Fsp3) is 0.364. The Morgan fingerprint density at radius 1 is 1.20 bits per heavy atom. The third-order valence-electron chi connectivity index (χ3n) is 2.40. The van der Waals surface area contributed by atoms with Crippen LogP contribution >= 0.6 is 0 Å². The van der Waals surface area contributed by atoms with Crippen molar-refractivity contribution in [3.8, 4) is 0 Å². The Labute approximate surface area is 109 Å². The SMILES string of the molecule is O=C(O)C(F)(F)F.O=C(O)c1c(F)cncc1C1CC1. The second-order valence-electron chi connectivity index (χ2n) is 3.97. The van der Waals surface area contributed by atoms with E-state index in [0.717, 1.165) is 19.0 Å². The van der Waals surface area contributed by atoms with E-state index >= 15 is 0 Å². The van der Waals surface area contributed by atoms with Crippen LogP contribution in [0.4, 0.5) is 17.6 Å². The maximum Gasteiger partial charge on any atom is 0.490 e. The molecular formula is C11H9F4NO4. The molecule has 0 unspecified atom stereocenters. The number of aromatic nitrogens is 1. The van der Waals surface area contributed by atoms with Crippen LogP contribution in [0.25, 0.3) is 0 Å². The van der Waals surface area contributed by atoms with E-state index in [2.05, 4.69) is 4.98 Å². The molecule has 1 heterocycles. The number of nitrogens with zero attached hydrogens (tertiary/aromatic N) is 1. The molecule has 0 atom stereocenters. The van der Waals surface area contributed by atoms with Gasteiger partial charge in [-0.1, -0.05) is 0 Å². The van der Waals surface area contributed by atoms with Crippen LogP contribution in [0.5, 0.6) is 0 Å². The van der Waals surface area contributed by atoms with E-state index in [1.54, 1.807) is 0 Å². The Morgan fingerprint density at radius 3 is 2.05 bits per heavy atom. The van der Waals surface area contributed by atoms with Gasteiger partial charge in [0.15, 0.2) is 5.82 Å². The van der Waals surface area contributed by atoms with Gasteiger partial charge in [0.05, 0.1) is 6.20 Å². The molecule has 2 rings (SSSR count). The zero-order chi connectivity index (χ0) is 15.5. The number of halogens is 4. The van der Waals surface area contributed by atoms with Crippen molar-refractivity contribution < 1.29 is 37.4 Å². The molecule has 0 aliphatic heterocycles. The normalized spacial score (nSPS) is 14.2. The number of rotatable bonds is 2. The minimum atomic E-state index is -5.08. The van der Waals surface area contributed by atoms with Crippen LogP contribution in [-0.4, -0.2) is 33.3 Å². The zero-order valence-corrected chi connectivity index (χ0v) is 9.82. The van der Waals surface area contributed by atoms with Crippen LogP contribution < -0.4 is 0 Å². The van der Waals surface area contributed by atoms with E-state index in [1.807, 2.05) is 0 Å². The van der Waals surface area contributed by atoms with Gasteiger partial charge in [-0.05, 0) is 24.3 Å². The number of hydrogen-bond acceptors (Lipinski definition) is 3. The summed E-state index contributed by atoms with van der Waals surface area (Å²) in [5.74, 6) is -4.50. The summed E-state index contributed by atoms with van der Waals surface area (Å²) < 4.78 is 44.8. The highest BCUT2D eigenvalue weighted by Crippen LogP contribution is 2.41. The minimum absolute atomic E-state index is 0.203. The summed E-state index contributed by atoms with van der Waals surface area (Å²) in [5.41, 5.74) is 0.324. The number of aliphatic carboxylic acids is 1. The highest BCUT2D eigenvalue weighted by Gasteiger charge is 2.38. The highest BCUT2D eigenvalue weighted by atomic mass is 19.4. The Hall–Kier alpha value is -2.19. The number of alkyl halides is 3. The lowest BCUT2D eigenvalue weighted by Crippen LogP contribution is -2.21. The molecule has 0 amide bonds. The smallest absolute Gasteiger partial charge is 0.478 e. The largest absolute Gasteiger partial charge is 0.490 e. The summed E-state index contributed by atoms with van der Waals surface area (Å²) in [6.07, 6.45) is -0.823. The zero-order valence-electron chi connectivity index (χ0n) is 9.82. The molecule has 20 heavy (non-hydrogen) atoms. The molecule has 0 bridgehead atoms. The molecule has 0 radical (unpaired) electrons. The van der Waals surface area contributed by atoms with Crippen molar-refractivity contribution >= 4 is 11.9 Å². The topological polar surface area (TPSA) is 87.5 Å². The molecule has 1 aromatic rings. The predicted molar refractivity (Wildman–Crippen MR) is 56.8 cm³/mol. The van der Waals surface area contributed by atoms with Crippen molar-refractivity contribution in [1.82, 2.24) is 4.98 Å². The third-order valence-corrected chi connectivity index (χ3v) is 2.40. The van der Waals surface area contributed by atoms with Gasteiger partial charge < -0.3 is 10.2 Å². The number of pyridine rings is 1. The van der Waals surface area contributed by atoms with Crippen LogP contribution in [0.2, 0.25) is 0 Å². The van der Waals surface area contributed by atoms with Gasteiger partial charge in [-0.15, -0.1) is 0 Å². The minimum Gasteiger partial charge on any atom is -0.478 e. The first-order valence-electron chi connectivity index (χ1n) is 5.31. The van der Waals surface area contributed by atoms with Gasteiger partial charge in [0, 0.05) is 6.20 Å². The van der Waals surface area contributed by atoms with E-state index in [1.165, 1.54) is 6.20 Å². The maximum absolute atomic E-state index is 13.0. The summed E-state index contributed by atoms with van der Waals surface area (Å²) in [6, 6.07) is 0. The fourth-order valence-electron chi connectivity index (χ4n) is 1.38. The summed E-state index contributed by atoms with van der Waals surface area (Å²) in [7, 11) is 0. The average molecular weight is 295 g/mol. The van der Waals surface area contributed by atoms with E-state index in [-0.39, 0.29) is 11.5 Å². The Morgan fingerprint density at radius 2 is 1.70 bits per heavy atom. The number of aromatic carboxylic acids is 1. The van der Waals surface area contributed by atoms with Crippen LogP contribution in [-0.2, 0) is 4.79 Å². The Kier molecular flexibility index (Phi) is 4.64. The number of carbonyl (C=O) groups is 2. The van der Waals surface area contributed by atoms with Gasteiger partial charge in [0.25, 0.3) is 0 Å². The molecule has 1 fully saturated rings. The highest BCUT2D eigenvalue weighted by molar-refractivity contribution is 5.89. The molecule has 9 heteroatoms. The van der Waals surface area contributed by atoms with Crippen molar-refractivity contribution in [3.63, 3.8) is 0 Å². The maximum atomic E-state index is 13.0. The Balaban J connectivity index is 0.000000246. The van der Waals surface area contributed by atoms with E-state index in [0.29, 0.717) is 5.56 Å².